The summed E-state index contributed by atoms with van der Waals surface area (Å²) in [5.41, 5.74) is -0.481. The summed E-state index contributed by atoms with van der Waals surface area (Å²) in [4.78, 5) is 46.1. The molecule has 1 amide bonds. The van der Waals surface area contributed by atoms with Gasteiger partial charge in [-0.05, 0) is 31.2 Å². The molecule has 0 bridgehead atoms. The zero-order chi connectivity index (χ0) is 18.8. The topological polar surface area (TPSA) is 120 Å². The van der Waals surface area contributed by atoms with E-state index in [0.29, 0.717) is 11.3 Å². The Morgan fingerprint density at radius 2 is 1.88 bits per heavy atom. The molecule has 0 fully saturated rings. The third-order valence-electron chi connectivity index (χ3n) is 3.70. The number of fused-ring (bicyclic) bond motifs is 1. The smallest absolute Gasteiger partial charge is 0.349 e. The maximum atomic E-state index is 12.4. The van der Waals surface area contributed by atoms with E-state index in [4.69, 9.17) is 4.42 Å². The van der Waals surface area contributed by atoms with Crippen LogP contribution < -0.4 is 10.9 Å². The molecule has 1 heterocycles. The van der Waals surface area contributed by atoms with Gasteiger partial charge in [0.05, 0.1) is 4.92 Å². The van der Waals surface area contributed by atoms with Gasteiger partial charge < -0.3 is 9.73 Å². The quantitative estimate of drug-likeness (QED) is 0.333. The van der Waals surface area contributed by atoms with Gasteiger partial charge in [0, 0.05) is 28.8 Å². The Bertz CT molecular complexity index is 1120. The minimum absolute atomic E-state index is 0.135. The summed E-state index contributed by atoms with van der Waals surface area (Å²) in [6.07, 6.45) is 0. The highest BCUT2D eigenvalue weighted by atomic mass is 16.6. The first-order valence-corrected chi connectivity index (χ1v) is 7.50. The van der Waals surface area contributed by atoms with Crippen LogP contribution >= 0.6 is 0 Å². The number of carbonyl (C=O) groups is 2. The molecule has 0 atom stereocenters. The van der Waals surface area contributed by atoms with E-state index in [0.717, 1.165) is 0 Å². The molecule has 3 rings (SSSR count). The number of nitrogens with zero attached hydrogens (tertiary/aromatic N) is 1. The number of anilines is 1. The number of nitrogens with one attached hydrogen (secondary N) is 1. The molecule has 1 N–H and O–H groups in total. The third-order valence-corrected chi connectivity index (χ3v) is 3.70. The lowest BCUT2D eigenvalue weighted by molar-refractivity contribution is -0.384. The largest absolute Gasteiger partial charge is 0.422 e. The second-order valence-corrected chi connectivity index (χ2v) is 5.52. The van der Waals surface area contributed by atoms with Crippen molar-refractivity contribution >= 4 is 34.0 Å². The van der Waals surface area contributed by atoms with E-state index in [9.17, 15) is 24.5 Å². The Hall–Kier alpha value is -3.81. The number of Topliss-reactive ketones (excluding diaryl/α,β-unsaturated/α-hetero) is 1. The predicted molar refractivity (Wildman–Crippen MR) is 93.5 cm³/mol. The summed E-state index contributed by atoms with van der Waals surface area (Å²) in [6, 6.07) is 11.2. The molecule has 0 aliphatic heterocycles. The molecule has 3 aromatic rings. The van der Waals surface area contributed by atoms with Crippen molar-refractivity contribution in [2.45, 2.75) is 6.92 Å². The van der Waals surface area contributed by atoms with Crippen molar-refractivity contribution in [3.05, 3.63) is 80.2 Å². The summed E-state index contributed by atoms with van der Waals surface area (Å²) in [6.45, 7) is 1.39. The monoisotopic (exact) mass is 352 g/mol. The van der Waals surface area contributed by atoms with Gasteiger partial charge in [0.2, 0.25) is 0 Å². The Morgan fingerprint density at radius 1 is 1.12 bits per heavy atom. The van der Waals surface area contributed by atoms with Crippen molar-refractivity contribution in [2.75, 3.05) is 5.32 Å². The summed E-state index contributed by atoms with van der Waals surface area (Å²) in [5.74, 6) is -0.911. The lowest BCUT2D eigenvalue weighted by Gasteiger charge is -2.06. The number of hydrogen-bond donors (Lipinski definition) is 1. The molecule has 0 unspecified atom stereocenters. The Kier molecular flexibility index (Phi) is 4.32. The lowest BCUT2D eigenvalue weighted by atomic mass is 10.1. The van der Waals surface area contributed by atoms with Crippen molar-refractivity contribution in [1.29, 1.82) is 0 Å². The lowest BCUT2D eigenvalue weighted by Crippen LogP contribution is -2.20. The van der Waals surface area contributed by atoms with Crippen LogP contribution in [0.2, 0.25) is 0 Å². The van der Waals surface area contributed by atoms with Crippen LogP contribution in [-0.4, -0.2) is 16.6 Å². The summed E-state index contributed by atoms with van der Waals surface area (Å²) >= 11 is 0. The highest BCUT2D eigenvalue weighted by Crippen LogP contribution is 2.21. The first-order chi connectivity index (χ1) is 12.3. The Balaban J connectivity index is 1.98. The number of nitro benzene ring substituents is 1. The molecule has 26 heavy (non-hydrogen) atoms. The SMILES string of the molecule is CC(=O)c1cccc(NC(=O)c2cc3cc([N+](=O)[O-])ccc3oc2=O)c1. The second-order valence-electron chi connectivity index (χ2n) is 5.52. The molecular formula is C18H12N2O6. The van der Waals surface area contributed by atoms with Gasteiger partial charge in [-0.2, -0.15) is 0 Å². The molecule has 2 aromatic carbocycles. The van der Waals surface area contributed by atoms with Gasteiger partial charge in [-0.1, -0.05) is 12.1 Å². The number of benzene rings is 2. The minimum atomic E-state index is -0.869. The van der Waals surface area contributed by atoms with Crippen LogP contribution in [0, 0.1) is 10.1 Å². The highest BCUT2D eigenvalue weighted by Gasteiger charge is 2.16. The maximum Gasteiger partial charge on any atom is 0.349 e. The van der Waals surface area contributed by atoms with E-state index in [1.54, 1.807) is 18.2 Å². The highest BCUT2D eigenvalue weighted by molar-refractivity contribution is 6.06. The number of nitro groups is 1. The number of carbonyl (C=O) groups excluding carboxylic acids is 2. The summed E-state index contributed by atoms with van der Waals surface area (Å²) in [7, 11) is 0. The van der Waals surface area contributed by atoms with Crippen LogP contribution in [0.1, 0.15) is 27.6 Å². The average molecular weight is 352 g/mol. The Morgan fingerprint density at radius 3 is 2.58 bits per heavy atom. The van der Waals surface area contributed by atoms with Gasteiger partial charge in [-0.3, -0.25) is 19.7 Å². The van der Waals surface area contributed by atoms with Crippen LogP contribution in [0.3, 0.4) is 0 Å². The zero-order valence-electron chi connectivity index (χ0n) is 13.5. The van der Waals surface area contributed by atoms with E-state index in [1.807, 2.05) is 0 Å². The molecule has 1 aromatic heterocycles. The minimum Gasteiger partial charge on any atom is -0.422 e. The first-order valence-electron chi connectivity index (χ1n) is 7.50. The molecule has 8 nitrogen and oxygen atoms in total. The maximum absolute atomic E-state index is 12.4. The number of amides is 1. The normalized spacial score (nSPS) is 10.5. The van der Waals surface area contributed by atoms with E-state index in [-0.39, 0.29) is 28.0 Å². The van der Waals surface area contributed by atoms with Gasteiger partial charge in [0.1, 0.15) is 11.1 Å². The summed E-state index contributed by atoms with van der Waals surface area (Å²) in [5, 5.41) is 13.6. The van der Waals surface area contributed by atoms with Gasteiger partial charge >= 0.3 is 5.63 Å². The average Bonchev–Trinajstić information content (AvgIpc) is 2.60. The van der Waals surface area contributed by atoms with E-state index in [1.165, 1.54) is 37.3 Å². The zero-order valence-corrected chi connectivity index (χ0v) is 13.5. The molecule has 130 valence electrons. The van der Waals surface area contributed by atoms with Gasteiger partial charge in [0.25, 0.3) is 11.6 Å². The molecule has 0 saturated heterocycles. The van der Waals surface area contributed by atoms with Crippen LogP contribution in [0.25, 0.3) is 11.0 Å². The predicted octanol–water partition coefficient (Wildman–Crippen LogP) is 3.16. The summed E-state index contributed by atoms with van der Waals surface area (Å²) < 4.78 is 5.06. The van der Waals surface area contributed by atoms with Crippen LogP contribution in [0.15, 0.2) is 57.7 Å². The number of hydrogen-bond acceptors (Lipinski definition) is 6. The molecule has 0 aliphatic rings. The van der Waals surface area contributed by atoms with Crippen LogP contribution in [0.4, 0.5) is 11.4 Å². The molecular weight excluding hydrogens is 340 g/mol. The van der Waals surface area contributed by atoms with Crippen molar-refractivity contribution in [3.8, 4) is 0 Å². The fraction of sp³-hybridized carbons (Fsp3) is 0.0556. The number of rotatable bonds is 4. The van der Waals surface area contributed by atoms with Crippen LogP contribution in [-0.2, 0) is 0 Å². The van der Waals surface area contributed by atoms with Gasteiger partial charge in [-0.15, -0.1) is 0 Å². The number of ketones is 1. The molecule has 0 aliphatic carbocycles. The molecule has 0 spiro atoms. The van der Waals surface area contributed by atoms with Crippen molar-refractivity contribution < 1.29 is 18.9 Å². The van der Waals surface area contributed by atoms with Crippen molar-refractivity contribution in [1.82, 2.24) is 0 Å². The fourth-order valence-electron chi connectivity index (χ4n) is 2.40. The standard InChI is InChI=1S/C18H12N2O6/c1-10(21)11-3-2-4-13(7-11)19-17(22)15-9-12-8-14(20(24)25)5-6-16(12)26-18(15)23/h2-9H,1H3,(H,19,22). The van der Waals surface area contributed by atoms with Crippen molar-refractivity contribution in [3.63, 3.8) is 0 Å². The molecule has 0 radical (unpaired) electrons. The second kappa shape index (κ2) is 6.60. The first kappa shape index (κ1) is 17.0. The fourth-order valence-corrected chi connectivity index (χ4v) is 2.40. The van der Waals surface area contributed by atoms with Crippen LogP contribution in [0.5, 0.6) is 0 Å². The van der Waals surface area contributed by atoms with E-state index in [2.05, 4.69) is 5.32 Å². The third kappa shape index (κ3) is 3.34. The van der Waals surface area contributed by atoms with Crippen molar-refractivity contribution in [2.24, 2.45) is 0 Å². The molecule has 0 saturated carbocycles. The van der Waals surface area contributed by atoms with E-state index >= 15 is 0 Å². The van der Waals surface area contributed by atoms with E-state index < -0.39 is 16.5 Å². The van der Waals surface area contributed by atoms with Gasteiger partial charge in [-0.25, -0.2) is 4.79 Å². The Labute approximate surface area is 146 Å². The van der Waals surface area contributed by atoms with Gasteiger partial charge in [0.15, 0.2) is 5.78 Å². The number of non-ortho nitro benzene ring substituents is 1. The molecule has 8 heteroatoms.